The highest BCUT2D eigenvalue weighted by Crippen LogP contribution is 2.35. The van der Waals surface area contributed by atoms with Crippen LogP contribution in [-0.2, 0) is 6.18 Å². The molecular weight excluding hydrogens is 548 g/mol. The molecule has 39 heavy (non-hydrogen) atoms. The van der Waals surface area contributed by atoms with Crippen molar-refractivity contribution in [2.45, 2.75) is 24.7 Å². The van der Waals surface area contributed by atoms with E-state index in [-0.39, 0.29) is 41.1 Å². The number of guanidine groups is 1. The lowest BCUT2D eigenvalue weighted by atomic mass is 9.96. The first-order chi connectivity index (χ1) is 18.4. The van der Waals surface area contributed by atoms with Crippen molar-refractivity contribution in [3.63, 3.8) is 0 Å². The highest BCUT2D eigenvalue weighted by Gasteiger charge is 2.40. The fourth-order valence-corrected chi connectivity index (χ4v) is 4.39. The van der Waals surface area contributed by atoms with Gasteiger partial charge in [-0.3, -0.25) is 10.1 Å². The van der Waals surface area contributed by atoms with E-state index in [9.17, 15) is 31.1 Å². The van der Waals surface area contributed by atoms with E-state index in [1.807, 2.05) is 0 Å². The van der Waals surface area contributed by atoms with Gasteiger partial charge in [0.25, 0.3) is 12.1 Å². The number of carbonyl (C=O) groups excluding carboxylic acids is 1. The van der Waals surface area contributed by atoms with Gasteiger partial charge in [-0.25, -0.2) is 13.2 Å². The average molecular weight is 569 g/mol. The third kappa shape index (κ3) is 6.94. The minimum atomic E-state index is -4.51. The number of azo groups is 2. The van der Waals surface area contributed by atoms with Crippen molar-refractivity contribution >= 4 is 29.2 Å². The summed E-state index contributed by atoms with van der Waals surface area (Å²) in [6.45, 7) is 0.238. The molecule has 6 nitrogen and oxygen atoms in total. The molecule has 1 aliphatic rings. The van der Waals surface area contributed by atoms with Crippen molar-refractivity contribution < 1.29 is 35.8 Å². The molecule has 0 bridgehead atoms. The number of rotatable bonds is 4. The van der Waals surface area contributed by atoms with Crippen LogP contribution in [0.2, 0.25) is 5.02 Å². The summed E-state index contributed by atoms with van der Waals surface area (Å²) in [6.07, 6.45) is -5.02. The molecule has 1 heterocycles. The maximum atomic E-state index is 13.9. The van der Waals surface area contributed by atoms with Gasteiger partial charge < -0.3 is 5.32 Å². The minimum absolute atomic E-state index is 0.0550. The third-order valence-corrected chi connectivity index (χ3v) is 6.22. The maximum Gasteiger partial charge on any atom is 0.416 e. The second-order valence-electron chi connectivity index (χ2n) is 8.70. The first-order valence-corrected chi connectivity index (χ1v) is 11.9. The Morgan fingerprint density at radius 2 is 1.79 bits per heavy atom. The lowest BCUT2D eigenvalue weighted by molar-refractivity contribution is -0.607. The number of aliphatic imine (C=N–C) groups is 1. The van der Waals surface area contributed by atoms with Crippen LogP contribution >= 0.6 is 11.6 Å². The van der Waals surface area contributed by atoms with Gasteiger partial charge in [-0.1, -0.05) is 29.8 Å². The SMILES string of the molecule is CN=[N+]1CC(c2cccc(C(F)(F)F)c2)CC1N=C(NC(=O)c1ccc(F)c(F)c1)Nc1cc(F)cc(Cl)c1. The number of carbonyl (C=O) groups is 1. The van der Waals surface area contributed by atoms with E-state index < -0.39 is 41.3 Å². The first kappa shape index (κ1) is 28.1. The summed E-state index contributed by atoms with van der Waals surface area (Å²) in [5.41, 5.74) is -0.438. The van der Waals surface area contributed by atoms with Crippen LogP contribution in [0.15, 0.2) is 70.8 Å². The van der Waals surface area contributed by atoms with Crippen LogP contribution in [-0.4, -0.2) is 36.3 Å². The number of amides is 1. The summed E-state index contributed by atoms with van der Waals surface area (Å²) in [7, 11) is 1.48. The zero-order chi connectivity index (χ0) is 28.3. The molecule has 3 aromatic carbocycles. The van der Waals surface area contributed by atoms with Crippen LogP contribution in [0.1, 0.15) is 33.8 Å². The Morgan fingerprint density at radius 3 is 2.46 bits per heavy atom. The van der Waals surface area contributed by atoms with E-state index in [0.29, 0.717) is 11.6 Å². The second-order valence-corrected chi connectivity index (χ2v) is 9.14. The molecule has 1 amide bonds. The molecule has 1 fully saturated rings. The molecule has 13 heteroatoms. The molecular formula is C26H21ClF6N5O+. The summed E-state index contributed by atoms with van der Waals surface area (Å²) >= 11 is 5.93. The predicted octanol–water partition coefficient (Wildman–Crippen LogP) is 6.58. The normalized spacial score (nSPS) is 18.9. The molecule has 1 aliphatic heterocycles. The maximum absolute atomic E-state index is 13.9. The number of nitrogens with zero attached hydrogens (tertiary/aromatic N) is 3. The van der Waals surface area contributed by atoms with Crippen LogP contribution in [0.3, 0.4) is 0 Å². The minimum Gasteiger partial charge on any atom is -0.326 e. The predicted molar refractivity (Wildman–Crippen MR) is 132 cm³/mol. The number of alkyl halides is 3. The fourth-order valence-electron chi connectivity index (χ4n) is 4.17. The number of benzene rings is 3. The third-order valence-electron chi connectivity index (χ3n) is 6.01. The van der Waals surface area contributed by atoms with Gasteiger partial charge in [-0.05, 0) is 53.1 Å². The molecule has 0 radical (unpaired) electrons. The number of halogens is 7. The molecule has 0 aromatic heterocycles. The van der Waals surface area contributed by atoms with Crippen molar-refractivity contribution in [3.05, 3.63) is 99.8 Å². The second kappa shape index (κ2) is 11.4. The molecule has 1 saturated heterocycles. The Balaban J connectivity index is 1.65. The van der Waals surface area contributed by atoms with Crippen LogP contribution < -0.4 is 10.6 Å². The van der Waals surface area contributed by atoms with Gasteiger partial charge in [-0.15, -0.1) is 4.70 Å². The summed E-state index contributed by atoms with van der Waals surface area (Å²) < 4.78 is 82.2. The molecule has 3 aromatic rings. The molecule has 204 valence electrons. The van der Waals surface area contributed by atoms with E-state index in [1.54, 1.807) is 6.07 Å². The summed E-state index contributed by atoms with van der Waals surface area (Å²) in [5.74, 6) is -4.48. The van der Waals surface area contributed by atoms with Crippen LogP contribution in [0.25, 0.3) is 0 Å². The van der Waals surface area contributed by atoms with Gasteiger partial charge in [0.2, 0.25) is 5.96 Å². The van der Waals surface area contributed by atoms with Crippen molar-refractivity contribution in [2.75, 3.05) is 18.9 Å². The van der Waals surface area contributed by atoms with E-state index in [0.717, 1.165) is 36.4 Å². The van der Waals surface area contributed by atoms with Crippen molar-refractivity contribution in [1.82, 2.24) is 5.32 Å². The number of hydrogen-bond acceptors (Lipinski definition) is 3. The smallest absolute Gasteiger partial charge is 0.326 e. The zero-order valence-corrected chi connectivity index (χ0v) is 21.0. The van der Waals surface area contributed by atoms with Gasteiger partial charge in [0.05, 0.1) is 18.5 Å². The quantitative estimate of drug-likeness (QED) is 0.162. The van der Waals surface area contributed by atoms with Crippen molar-refractivity contribution in [3.8, 4) is 0 Å². The highest BCUT2D eigenvalue weighted by atomic mass is 35.5. The average Bonchev–Trinajstić information content (AvgIpc) is 3.27. The van der Waals surface area contributed by atoms with Crippen LogP contribution in [0.5, 0.6) is 0 Å². The van der Waals surface area contributed by atoms with Gasteiger partial charge in [0.15, 0.2) is 18.2 Å². The molecule has 4 rings (SSSR count). The Labute approximate surface area is 224 Å². The molecule has 0 saturated carbocycles. The van der Waals surface area contributed by atoms with E-state index >= 15 is 0 Å². The molecule has 2 unspecified atom stereocenters. The van der Waals surface area contributed by atoms with E-state index in [2.05, 4.69) is 20.7 Å². The summed E-state index contributed by atoms with van der Waals surface area (Å²) in [4.78, 5) is 17.3. The number of hydrogen-bond donors (Lipinski definition) is 2. The summed E-state index contributed by atoms with van der Waals surface area (Å²) in [6, 6.07) is 11.0. The Hall–Kier alpha value is -3.93. The Kier molecular flexibility index (Phi) is 8.24. The topological polar surface area (TPSA) is 68.9 Å². The standard InChI is InChI=1S/C26H20ClF6N5O/c1-34-38-13-16(14-3-2-4-17(7-14)26(31,32)33)9-23(38)36-25(35-20-11-18(27)10-19(28)12-20)37-24(39)15-5-6-21(29)22(30)8-15/h2-8,10-12,16,23H,9,13H2,1H3,(H-,35,36,37,39)/p+1. The molecule has 0 spiro atoms. The highest BCUT2D eigenvalue weighted by molar-refractivity contribution is 6.31. The van der Waals surface area contributed by atoms with Crippen molar-refractivity contribution in [1.29, 1.82) is 0 Å². The van der Waals surface area contributed by atoms with E-state index in [4.69, 9.17) is 11.6 Å². The molecule has 2 atom stereocenters. The molecule has 0 aliphatic carbocycles. The molecule has 2 N–H and O–H groups in total. The fraction of sp³-hybridized carbons (Fsp3) is 0.231. The Morgan fingerprint density at radius 1 is 1.03 bits per heavy atom. The summed E-state index contributed by atoms with van der Waals surface area (Å²) in [5, 5.41) is 9.41. The Bertz CT molecular complexity index is 1440. The van der Waals surface area contributed by atoms with Gasteiger partial charge in [-0.2, -0.15) is 18.2 Å². The zero-order valence-electron chi connectivity index (χ0n) is 20.2. The van der Waals surface area contributed by atoms with Crippen LogP contribution in [0.4, 0.5) is 32.0 Å². The lowest BCUT2D eigenvalue weighted by Gasteiger charge is -2.13. The lowest BCUT2D eigenvalue weighted by Crippen LogP contribution is -2.37. The van der Waals surface area contributed by atoms with Crippen LogP contribution in [0, 0.1) is 17.5 Å². The number of anilines is 1. The van der Waals surface area contributed by atoms with Gasteiger partial charge >= 0.3 is 6.18 Å². The van der Waals surface area contributed by atoms with Gasteiger partial charge in [0, 0.05) is 22.7 Å². The monoisotopic (exact) mass is 568 g/mol. The number of nitrogens with one attached hydrogen (secondary N) is 2. The van der Waals surface area contributed by atoms with Gasteiger partial charge in [0.1, 0.15) is 5.82 Å². The largest absolute Gasteiger partial charge is 0.416 e. The first-order valence-electron chi connectivity index (χ1n) is 11.5. The van der Waals surface area contributed by atoms with E-state index in [1.165, 1.54) is 23.9 Å². The van der Waals surface area contributed by atoms with Crippen molar-refractivity contribution in [2.24, 2.45) is 10.1 Å².